The van der Waals surface area contributed by atoms with Crippen LogP contribution in [0.15, 0.2) is 110 Å². The van der Waals surface area contributed by atoms with E-state index in [4.69, 9.17) is 4.74 Å². The molecule has 0 radical (unpaired) electrons. The summed E-state index contributed by atoms with van der Waals surface area (Å²) in [5.41, 5.74) is 16.0. The number of aryl methyl sites for hydroxylation is 3. The highest BCUT2D eigenvalue weighted by molar-refractivity contribution is 6.92. The van der Waals surface area contributed by atoms with E-state index < -0.39 is 8.07 Å². The standard InChI is InChI=1S/C43H46OSi/c1-10-23-44-41-39(43(5,6)7)24-30(4)25-40(41)45(8,9)42-37-26-33(31-15-11-28(2)12-16-31)19-21-35(37)36-22-20-34(27-38(36)42)32-17-13-29(3)14-18-32/h10-22,24-27,42H,1,23H2,2-9H3. The molecule has 2 heteroatoms. The normalized spacial score (nSPS) is 13.0. The van der Waals surface area contributed by atoms with Crippen molar-refractivity contribution in [2.45, 2.75) is 65.6 Å². The maximum atomic E-state index is 6.65. The van der Waals surface area contributed by atoms with Crippen molar-refractivity contribution in [2.75, 3.05) is 6.61 Å². The van der Waals surface area contributed by atoms with Gasteiger partial charge in [0, 0.05) is 5.54 Å². The minimum Gasteiger partial charge on any atom is -0.489 e. The first kappa shape index (κ1) is 30.9. The third-order valence-electron chi connectivity index (χ3n) is 9.59. The van der Waals surface area contributed by atoms with Gasteiger partial charge < -0.3 is 4.74 Å². The Balaban J connectivity index is 1.60. The van der Waals surface area contributed by atoms with Crippen LogP contribution >= 0.6 is 0 Å². The summed E-state index contributed by atoms with van der Waals surface area (Å²) in [6.07, 6.45) is 1.87. The third-order valence-corrected chi connectivity index (χ3v) is 13.4. The van der Waals surface area contributed by atoms with Gasteiger partial charge in [0.15, 0.2) is 0 Å². The fourth-order valence-corrected chi connectivity index (χ4v) is 10.9. The summed E-state index contributed by atoms with van der Waals surface area (Å²) in [4.78, 5) is 0. The van der Waals surface area contributed by atoms with Gasteiger partial charge in [-0.2, -0.15) is 0 Å². The summed E-state index contributed by atoms with van der Waals surface area (Å²) in [5.74, 6) is 1.06. The second kappa shape index (κ2) is 11.7. The lowest BCUT2D eigenvalue weighted by molar-refractivity contribution is 0.353. The molecule has 0 saturated carbocycles. The second-order valence-corrected chi connectivity index (χ2v) is 19.1. The topological polar surface area (TPSA) is 9.23 Å². The Morgan fingerprint density at radius 1 is 0.644 bits per heavy atom. The Bertz CT molecular complexity index is 1790. The summed E-state index contributed by atoms with van der Waals surface area (Å²) < 4.78 is 6.65. The summed E-state index contributed by atoms with van der Waals surface area (Å²) in [6.45, 7) is 23.0. The maximum absolute atomic E-state index is 6.65. The molecular formula is C43H46OSi. The molecule has 0 spiro atoms. The molecule has 0 unspecified atom stereocenters. The van der Waals surface area contributed by atoms with E-state index in [0.717, 1.165) is 5.75 Å². The summed E-state index contributed by atoms with van der Waals surface area (Å²) in [6, 6.07) is 36.9. The zero-order valence-electron chi connectivity index (χ0n) is 28.2. The van der Waals surface area contributed by atoms with Crippen LogP contribution in [0, 0.1) is 20.8 Å². The van der Waals surface area contributed by atoms with Crippen molar-refractivity contribution in [3.05, 3.63) is 143 Å². The van der Waals surface area contributed by atoms with E-state index in [-0.39, 0.29) is 11.0 Å². The van der Waals surface area contributed by atoms with E-state index in [9.17, 15) is 0 Å². The Hall–Kier alpha value is -4.14. The molecular weight excluding hydrogens is 561 g/mol. The molecule has 5 aromatic carbocycles. The van der Waals surface area contributed by atoms with E-state index in [0.29, 0.717) is 6.61 Å². The molecule has 45 heavy (non-hydrogen) atoms. The van der Waals surface area contributed by atoms with Gasteiger partial charge in [0.05, 0.1) is 8.07 Å². The smallest absolute Gasteiger partial charge is 0.122 e. The first-order chi connectivity index (χ1) is 21.4. The van der Waals surface area contributed by atoms with Gasteiger partial charge in [0.2, 0.25) is 0 Å². The Labute approximate surface area is 271 Å². The average Bonchev–Trinajstić information content (AvgIpc) is 3.34. The largest absolute Gasteiger partial charge is 0.489 e. The predicted octanol–water partition coefficient (Wildman–Crippen LogP) is 11.1. The number of ether oxygens (including phenoxy) is 1. The quantitative estimate of drug-likeness (QED) is 0.132. The monoisotopic (exact) mass is 606 g/mol. The molecule has 5 aromatic rings. The van der Waals surface area contributed by atoms with E-state index in [1.807, 2.05) is 6.08 Å². The van der Waals surface area contributed by atoms with Crippen LogP contribution in [-0.2, 0) is 5.41 Å². The van der Waals surface area contributed by atoms with Gasteiger partial charge in [-0.15, -0.1) is 0 Å². The number of hydrogen-bond acceptors (Lipinski definition) is 1. The van der Waals surface area contributed by atoms with Gasteiger partial charge in [-0.05, 0) is 81.4 Å². The highest BCUT2D eigenvalue weighted by Gasteiger charge is 2.44. The molecule has 0 heterocycles. The molecule has 1 nitrogen and oxygen atoms in total. The fourth-order valence-electron chi connectivity index (χ4n) is 7.15. The van der Waals surface area contributed by atoms with Crippen molar-refractivity contribution in [1.82, 2.24) is 0 Å². The summed E-state index contributed by atoms with van der Waals surface area (Å²) in [7, 11) is -2.31. The van der Waals surface area contributed by atoms with Crippen molar-refractivity contribution < 1.29 is 4.74 Å². The highest BCUT2D eigenvalue weighted by atomic mass is 28.3. The lowest BCUT2D eigenvalue weighted by Crippen LogP contribution is -2.49. The molecule has 1 aliphatic carbocycles. The van der Waals surface area contributed by atoms with Gasteiger partial charge in [-0.3, -0.25) is 0 Å². The van der Waals surface area contributed by atoms with Crippen molar-refractivity contribution >= 4 is 13.3 Å². The number of rotatable bonds is 7. The van der Waals surface area contributed by atoms with E-state index in [1.165, 1.54) is 71.9 Å². The minimum absolute atomic E-state index is 0.0511. The van der Waals surface area contributed by atoms with Crippen LogP contribution in [0.5, 0.6) is 5.75 Å². The van der Waals surface area contributed by atoms with Crippen LogP contribution in [0.4, 0.5) is 0 Å². The van der Waals surface area contributed by atoms with Gasteiger partial charge in [-0.1, -0.05) is 160 Å². The first-order valence-corrected chi connectivity index (χ1v) is 19.3. The van der Waals surface area contributed by atoms with Crippen LogP contribution in [-0.4, -0.2) is 14.7 Å². The van der Waals surface area contributed by atoms with Crippen molar-refractivity contribution in [2.24, 2.45) is 0 Å². The second-order valence-electron chi connectivity index (χ2n) is 14.5. The van der Waals surface area contributed by atoms with Gasteiger partial charge in [-0.25, -0.2) is 0 Å². The van der Waals surface area contributed by atoms with Crippen LogP contribution in [0.1, 0.15) is 59.7 Å². The Kier molecular flexibility index (Phi) is 7.99. The highest BCUT2D eigenvalue weighted by Crippen LogP contribution is 2.51. The van der Waals surface area contributed by atoms with Crippen molar-refractivity contribution in [1.29, 1.82) is 0 Å². The molecule has 0 saturated heterocycles. The molecule has 0 amide bonds. The van der Waals surface area contributed by atoms with E-state index >= 15 is 0 Å². The zero-order chi connectivity index (χ0) is 32.1. The Morgan fingerprint density at radius 2 is 1.11 bits per heavy atom. The van der Waals surface area contributed by atoms with E-state index in [1.54, 1.807) is 0 Å². The van der Waals surface area contributed by atoms with Crippen molar-refractivity contribution in [3.63, 3.8) is 0 Å². The number of hydrogen-bond donors (Lipinski definition) is 0. The van der Waals surface area contributed by atoms with Crippen molar-refractivity contribution in [3.8, 4) is 39.1 Å². The minimum atomic E-state index is -2.31. The molecule has 0 fully saturated rings. The van der Waals surface area contributed by atoms with Gasteiger partial charge in [0.1, 0.15) is 12.4 Å². The summed E-state index contributed by atoms with van der Waals surface area (Å²) >= 11 is 0. The molecule has 0 N–H and O–H groups in total. The van der Waals surface area contributed by atoms with Crippen LogP contribution in [0.25, 0.3) is 33.4 Å². The lowest BCUT2D eigenvalue weighted by atomic mass is 9.85. The van der Waals surface area contributed by atoms with E-state index in [2.05, 4.69) is 158 Å². The lowest BCUT2D eigenvalue weighted by Gasteiger charge is -2.36. The molecule has 0 bridgehead atoms. The molecule has 6 rings (SSSR count). The molecule has 0 aromatic heterocycles. The predicted molar refractivity (Wildman–Crippen MR) is 197 cm³/mol. The summed E-state index contributed by atoms with van der Waals surface area (Å²) in [5, 5.41) is 1.39. The maximum Gasteiger partial charge on any atom is 0.122 e. The zero-order valence-corrected chi connectivity index (χ0v) is 29.2. The van der Waals surface area contributed by atoms with Crippen LogP contribution < -0.4 is 9.92 Å². The van der Waals surface area contributed by atoms with Gasteiger partial charge >= 0.3 is 0 Å². The van der Waals surface area contributed by atoms with Crippen LogP contribution in [0.2, 0.25) is 13.1 Å². The first-order valence-electron chi connectivity index (χ1n) is 16.2. The molecule has 0 atom stereocenters. The molecule has 0 aliphatic heterocycles. The van der Waals surface area contributed by atoms with Crippen LogP contribution in [0.3, 0.4) is 0 Å². The third kappa shape index (κ3) is 5.73. The SMILES string of the molecule is C=CCOc1c(C(C)(C)C)cc(C)cc1[Si](C)(C)C1c2cc(-c3ccc(C)cc3)ccc2-c2ccc(-c3ccc(C)cc3)cc21. The van der Waals surface area contributed by atoms with Gasteiger partial charge in [0.25, 0.3) is 0 Å². The molecule has 1 aliphatic rings. The fraction of sp³-hybridized carbons (Fsp3) is 0.256. The number of fused-ring (bicyclic) bond motifs is 3. The number of benzene rings is 5. The Morgan fingerprint density at radius 3 is 1.56 bits per heavy atom. The molecule has 228 valence electrons. The average molecular weight is 607 g/mol.